The molecule has 0 amide bonds. The molecule has 0 bridgehead atoms. The molecule has 22 heavy (non-hydrogen) atoms. The molecule has 3 nitrogen and oxygen atoms in total. The molecule has 1 aliphatic rings. The normalized spacial score (nSPS) is 40.4. The third kappa shape index (κ3) is 7.62. The van der Waals surface area contributed by atoms with E-state index in [1.807, 2.05) is 6.92 Å². The van der Waals surface area contributed by atoms with E-state index in [2.05, 4.69) is 39.9 Å². The van der Waals surface area contributed by atoms with Gasteiger partial charge in [-0.1, -0.05) is 34.6 Å². The Morgan fingerprint density at radius 1 is 0.818 bits per heavy atom. The van der Waals surface area contributed by atoms with Gasteiger partial charge in [0.05, 0.1) is 12.5 Å². The summed E-state index contributed by atoms with van der Waals surface area (Å²) in [6.45, 7) is 15.0. The Morgan fingerprint density at radius 3 is 2.00 bits per heavy atom. The van der Waals surface area contributed by atoms with E-state index in [-0.39, 0.29) is 11.9 Å². The number of carbonyl (C=O) groups is 1. The summed E-state index contributed by atoms with van der Waals surface area (Å²) in [5.41, 5.74) is 0. The fourth-order valence-corrected chi connectivity index (χ4v) is 3.88. The maximum absolute atomic E-state index is 12.1. The van der Waals surface area contributed by atoms with Crippen molar-refractivity contribution in [3.8, 4) is 0 Å². The van der Waals surface area contributed by atoms with E-state index in [4.69, 9.17) is 4.74 Å². The molecule has 1 fully saturated rings. The predicted octanol–water partition coefficient (Wildman–Crippen LogP) is 4.26. The summed E-state index contributed by atoms with van der Waals surface area (Å²) in [5.74, 6) is 2.55. The Kier molecular flexibility index (Phi) is 8.45. The van der Waals surface area contributed by atoms with E-state index in [9.17, 15) is 4.79 Å². The van der Waals surface area contributed by atoms with Crippen LogP contribution in [0.5, 0.6) is 0 Å². The summed E-state index contributed by atoms with van der Waals surface area (Å²) in [5, 5.41) is 3.59. The summed E-state index contributed by atoms with van der Waals surface area (Å²) >= 11 is 0. The Bertz CT molecular complexity index is 331. The van der Waals surface area contributed by atoms with Crippen LogP contribution in [0.15, 0.2) is 0 Å². The van der Waals surface area contributed by atoms with Gasteiger partial charge in [-0.25, -0.2) is 0 Å². The predicted molar refractivity (Wildman–Crippen MR) is 92.7 cm³/mol. The molecule has 0 radical (unpaired) electrons. The highest BCUT2D eigenvalue weighted by Gasteiger charge is 2.21. The van der Waals surface area contributed by atoms with Crippen LogP contribution in [0.4, 0.5) is 0 Å². The van der Waals surface area contributed by atoms with Crippen molar-refractivity contribution in [3.05, 3.63) is 0 Å². The number of hydrogen-bond acceptors (Lipinski definition) is 3. The maximum atomic E-state index is 12.1. The van der Waals surface area contributed by atoms with E-state index < -0.39 is 0 Å². The van der Waals surface area contributed by atoms with E-state index in [0.717, 1.165) is 25.3 Å². The second kappa shape index (κ2) is 9.54. The average molecular weight is 312 g/mol. The minimum absolute atomic E-state index is 0.0218. The molecule has 1 rings (SSSR count). The van der Waals surface area contributed by atoms with Gasteiger partial charge < -0.3 is 10.1 Å². The first-order valence-corrected chi connectivity index (χ1v) is 9.17. The lowest BCUT2D eigenvalue weighted by Crippen LogP contribution is -2.33. The van der Waals surface area contributed by atoms with E-state index in [0.29, 0.717) is 30.4 Å². The van der Waals surface area contributed by atoms with Gasteiger partial charge in [0, 0.05) is 6.04 Å². The van der Waals surface area contributed by atoms with Crippen LogP contribution in [0.3, 0.4) is 0 Å². The fourth-order valence-electron chi connectivity index (χ4n) is 3.88. The van der Waals surface area contributed by atoms with E-state index in [1.54, 1.807) is 0 Å². The number of rotatable bonds is 0. The summed E-state index contributed by atoms with van der Waals surface area (Å²) < 4.78 is 5.52. The zero-order valence-corrected chi connectivity index (χ0v) is 15.5. The highest BCUT2D eigenvalue weighted by Crippen LogP contribution is 2.25. The van der Waals surface area contributed by atoms with E-state index >= 15 is 0 Å². The second-order valence-electron chi connectivity index (χ2n) is 8.20. The maximum Gasteiger partial charge on any atom is 0.308 e. The lowest BCUT2D eigenvalue weighted by atomic mass is 9.85. The molecule has 130 valence electrons. The minimum Gasteiger partial charge on any atom is -0.465 e. The summed E-state index contributed by atoms with van der Waals surface area (Å²) in [6.07, 6.45) is 4.55. The number of ether oxygens (including phenoxy) is 1. The lowest BCUT2D eigenvalue weighted by molar-refractivity contribution is -0.149. The fraction of sp³-hybridized carbons (Fsp3) is 0.947. The monoisotopic (exact) mass is 311 g/mol. The van der Waals surface area contributed by atoms with E-state index in [1.165, 1.54) is 12.8 Å². The number of cyclic esters (lactones) is 1. The van der Waals surface area contributed by atoms with Gasteiger partial charge in [-0.2, -0.15) is 0 Å². The van der Waals surface area contributed by atoms with Crippen molar-refractivity contribution in [1.29, 1.82) is 0 Å². The van der Waals surface area contributed by atoms with Gasteiger partial charge in [0.25, 0.3) is 0 Å². The molecule has 1 heterocycles. The zero-order valence-electron chi connectivity index (χ0n) is 15.5. The van der Waals surface area contributed by atoms with Gasteiger partial charge in [0.15, 0.2) is 0 Å². The van der Waals surface area contributed by atoms with Crippen LogP contribution in [0.2, 0.25) is 0 Å². The van der Waals surface area contributed by atoms with Crippen LogP contribution in [-0.4, -0.2) is 25.2 Å². The highest BCUT2D eigenvalue weighted by molar-refractivity contribution is 5.72. The smallest absolute Gasteiger partial charge is 0.308 e. The first-order chi connectivity index (χ1) is 10.3. The van der Waals surface area contributed by atoms with Gasteiger partial charge in [0.1, 0.15) is 0 Å². The zero-order chi connectivity index (χ0) is 16.7. The average Bonchev–Trinajstić information content (AvgIpc) is 2.41. The Morgan fingerprint density at radius 2 is 1.36 bits per heavy atom. The molecule has 1 N–H and O–H groups in total. The molecular weight excluding hydrogens is 274 g/mol. The number of carbonyl (C=O) groups excluding carboxylic acids is 1. The Hall–Kier alpha value is -0.570. The van der Waals surface area contributed by atoms with Crippen LogP contribution in [-0.2, 0) is 9.53 Å². The third-order valence-electron chi connectivity index (χ3n) is 4.85. The molecule has 0 aromatic rings. The molecule has 0 aromatic heterocycles. The van der Waals surface area contributed by atoms with Gasteiger partial charge in [-0.15, -0.1) is 0 Å². The molecule has 0 aromatic carbocycles. The summed E-state index contributed by atoms with van der Waals surface area (Å²) in [6, 6.07) is 0.363. The first-order valence-electron chi connectivity index (χ1n) is 9.17. The van der Waals surface area contributed by atoms with Gasteiger partial charge in [-0.05, 0) is 62.8 Å². The third-order valence-corrected chi connectivity index (χ3v) is 4.85. The van der Waals surface area contributed by atoms with Crippen molar-refractivity contribution < 1.29 is 9.53 Å². The largest absolute Gasteiger partial charge is 0.465 e. The van der Waals surface area contributed by atoms with Gasteiger partial charge >= 0.3 is 5.97 Å². The van der Waals surface area contributed by atoms with Gasteiger partial charge in [0.2, 0.25) is 0 Å². The highest BCUT2D eigenvalue weighted by atomic mass is 16.5. The van der Waals surface area contributed by atoms with Crippen LogP contribution >= 0.6 is 0 Å². The summed E-state index contributed by atoms with van der Waals surface area (Å²) in [4.78, 5) is 12.1. The molecule has 1 saturated heterocycles. The van der Waals surface area contributed by atoms with Crippen molar-refractivity contribution in [2.45, 2.75) is 73.3 Å². The number of hydrogen-bond donors (Lipinski definition) is 1. The summed E-state index contributed by atoms with van der Waals surface area (Å²) in [7, 11) is 0. The lowest BCUT2D eigenvalue weighted by Gasteiger charge is -2.23. The topological polar surface area (TPSA) is 38.3 Å². The Balaban J connectivity index is 2.66. The van der Waals surface area contributed by atoms with Crippen molar-refractivity contribution in [2.24, 2.45) is 29.6 Å². The van der Waals surface area contributed by atoms with Crippen molar-refractivity contribution in [3.63, 3.8) is 0 Å². The molecule has 0 saturated carbocycles. The molecular formula is C19H37NO2. The molecule has 0 aliphatic carbocycles. The minimum atomic E-state index is -0.0376. The van der Waals surface area contributed by atoms with Crippen LogP contribution in [0.25, 0.3) is 0 Å². The van der Waals surface area contributed by atoms with Crippen LogP contribution in [0.1, 0.15) is 67.2 Å². The molecule has 1 aliphatic heterocycles. The molecule has 3 heteroatoms. The molecule has 6 unspecified atom stereocenters. The standard InChI is InChI=1S/C19H37NO2/c1-13-7-14(2)9-16(4)12-22-19(21)17(5)10-18(6)20-11-15(3)8-13/h13-18,20H,7-12H2,1-6H3. The van der Waals surface area contributed by atoms with Gasteiger partial charge in [-0.3, -0.25) is 4.79 Å². The Labute approximate surface area is 137 Å². The SMILES string of the molecule is CC1CNC(C)CC(C)C(=O)OCC(C)CC(C)CC(C)C1. The number of nitrogens with one attached hydrogen (secondary N) is 1. The second-order valence-corrected chi connectivity index (χ2v) is 8.20. The first kappa shape index (κ1) is 19.5. The molecule has 0 spiro atoms. The van der Waals surface area contributed by atoms with Crippen LogP contribution in [0, 0.1) is 29.6 Å². The number of esters is 1. The quantitative estimate of drug-likeness (QED) is 0.679. The van der Waals surface area contributed by atoms with Crippen molar-refractivity contribution >= 4 is 5.97 Å². The van der Waals surface area contributed by atoms with Crippen LogP contribution < -0.4 is 5.32 Å². The van der Waals surface area contributed by atoms with Crippen molar-refractivity contribution in [2.75, 3.05) is 13.2 Å². The van der Waals surface area contributed by atoms with Crippen molar-refractivity contribution in [1.82, 2.24) is 5.32 Å². The molecule has 6 atom stereocenters.